The van der Waals surface area contributed by atoms with Gasteiger partial charge in [0.25, 0.3) is 0 Å². The molecule has 110 valence electrons. The molecule has 0 bridgehead atoms. The first-order valence-electron chi connectivity index (χ1n) is 7.77. The molecule has 0 heterocycles. The minimum atomic E-state index is -0.0729. The molecule has 0 unspecified atom stereocenters. The molecule has 2 saturated carbocycles. The zero-order chi connectivity index (χ0) is 14.2. The number of aliphatic hydroxyl groups is 1. The topological polar surface area (TPSA) is 46.5 Å². The first-order valence-corrected chi connectivity index (χ1v) is 7.77. The van der Waals surface area contributed by atoms with Crippen LogP contribution in [-0.2, 0) is 9.53 Å². The summed E-state index contributed by atoms with van der Waals surface area (Å²) < 4.78 is 5.81. The maximum atomic E-state index is 12.2. The van der Waals surface area contributed by atoms with Crippen molar-refractivity contribution in [3.63, 3.8) is 0 Å². The smallest absolute Gasteiger partial charge is 0.309 e. The molecule has 3 nitrogen and oxygen atoms in total. The molecule has 0 aromatic carbocycles. The summed E-state index contributed by atoms with van der Waals surface area (Å²) in [4.78, 5) is 12.2. The van der Waals surface area contributed by atoms with Crippen LogP contribution in [0.1, 0.15) is 47.0 Å². The van der Waals surface area contributed by atoms with Crippen molar-refractivity contribution in [3.05, 3.63) is 0 Å². The van der Waals surface area contributed by atoms with Gasteiger partial charge in [0.15, 0.2) is 0 Å². The van der Waals surface area contributed by atoms with E-state index in [1.165, 1.54) is 12.8 Å². The predicted octanol–water partition coefficient (Wildman–Crippen LogP) is 2.86. The Morgan fingerprint density at radius 3 is 2.53 bits per heavy atom. The number of esters is 1. The van der Waals surface area contributed by atoms with Crippen LogP contribution < -0.4 is 0 Å². The van der Waals surface area contributed by atoms with Crippen LogP contribution in [0, 0.1) is 35.5 Å². The minimum Gasteiger partial charge on any atom is -0.462 e. The number of carbonyl (C=O) groups is 1. The van der Waals surface area contributed by atoms with Crippen LogP contribution in [0.25, 0.3) is 0 Å². The van der Waals surface area contributed by atoms with Gasteiger partial charge in [-0.3, -0.25) is 4.79 Å². The van der Waals surface area contributed by atoms with Gasteiger partial charge in [-0.15, -0.1) is 0 Å². The number of hydrogen-bond donors (Lipinski definition) is 1. The van der Waals surface area contributed by atoms with Gasteiger partial charge in [0, 0.05) is 6.61 Å². The van der Waals surface area contributed by atoms with Crippen molar-refractivity contribution in [2.45, 2.75) is 53.1 Å². The first kappa shape index (κ1) is 14.8. The van der Waals surface area contributed by atoms with Gasteiger partial charge in [-0.1, -0.05) is 34.1 Å². The van der Waals surface area contributed by atoms with Gasteiger partial charge >= 0.3 is 5.97 Å². The number of hydrogen-bond acceptors (Lipinski definition) is 3. The van der Waals surface area contributed by atoms with Gasteiger partial charge in [-0.2, -0.15) is 0 Å². The Bertz CT molecular complexity index is 326. The molecule has 6 atom stereocenters. The molecule has 0 amide bonds. The summed E-state index contributed by atoms with van der Waals surface area (Å²) in [5.41, 5.74) is 0. The van der Waals surface area contributed by atoms with E-state index < -0.39 is 0 Å². The normalized spacial score (nSPS) is 42.2. The quantitative estimate of drug-likeness (QED) is 0.797. The highest BCUT2D eigenvalue weighted by Gasteiger charge is 2.53. The molecule has 19 heavy (non-hydrogen) atoms. The Morgan fingerprint density at radius 2 is 2.00 bits per heavy atom. The molecule has 0 aromatic rings. The fraction of sp³-hybridized carbons (Fsp3) is 0.938. The summed E-state index contributed by atoms with van der Waals surface area (Å²) in [7, 11) is 0. The van der Waals surface area contributed by atoms with Gasteiger partial charge in [0.05, 0.1) is 5.92 Å². The van der Waals surface area contributed by atoms with Crippen molar-refractivity contribution in [3.8, 4) is 0 Å². The molecule has 0 aromatic heterocycles. The predicted molar refractivity (Wildman–Crippen MR) is 74.5 cm³/mol. The lowest BCUT2D eigenvalue weighted by molar-refractivity contribution is -0.158. The van der Waals surface area contributed by atoms with Gasteiger partial charge in [-0.05, 0) is 42.4 Å². The summed E-state index contributed by atoms with van der Waals surface area (Å²) in [6.45, 7) is 8.81. The third kappa shape index (κ3) is 3.13. The second-order valence-electron chi connectivity index (χ2n) is 7.03. The average molecular weight is 268 g/mol. The lowest BCUT2D eigenvalue weighted by atomic mass is 9.75. The van der Waals surface area contributed by atoms with Crippen LogP contribution >= 0.6 is 0 Å². The third-order valence-corrected chi connectivity index (χ3v) is 5.27. The molecule has 2 fully saturated rings. The van der Waals surface area contributed by atoms with Gasteiger partial charge < -0.3 is 9.84 Å². The largest absolute Gasteiger partial charge is 0.462 e. The maximum Gasteiger partial charge on any atom is 0.309 e. The number of aliphatic hydroxyl groups excluding tert-OH is 1. The van der Waals surface area contributed by atoms with Gasteiger partial charge in [0.2, 0.25) is 0 Å². The van der Waals surface area contributed by atoms with Crippen LogP contribution in [0.3, 0.4) is 0 Å². The summed E-state index contributed by atoms with van der Waals surface area (Å²) >= 11 is 0. The molecular weight excluding hydrogens is 240 g/mol. The fourth-order valence-electron chi connectivity index (χ4n) is 3.69. The minimum absolute atomic E-state index is 0.0601. The summed E-state index contributed by atoms with van der Waals surface area (Å²) in [5.74, 6) is 2.00. The molecule has 0 radical (unpaired) electrons. The lowest BCUT2D eigenvalue weighted by Crippen LogP contribution is -2.36. The Labute approximate surface area is 116 Å². The van der Waals surface area contributed by atoms with Crippen LogP contribution in [0.2, 0.25) is 0 Å². The van der Waals surface area contributed by atoms with Gasteiger partial charge in [-0.25, -0.2) is 0 Å². The van der Waals surface area contributed by atoms with E-state index in [-0.39, 0.29) is 36.4 Å². The molecule has 2 aliphatic carbocycles. The molecule has 1 N–H and O–H groups in total. The average Bonchev–Trinajstić information content (AvgIpc) is 2.99. The van der Waals surface area contributed by atoms with E-state index in [9.17, 15) is 9.90 Å². The summed E-state index contributed by atoms with van der Waals surface area (Å²) in [6.07, 6.45) is 3.50. The fourth-order valence-corrected chi connectivity index (χ4v) is 3.69. The molecule has 2 rings (SSSR count). The molecule has 0 spiro atoms. The van der Waals surface area contributed by atoms with E-state index in [1.54, 1.807) is 0 Å². The Balaban J connectivity index is 1.94. The Kier molecular flexibility index (Phi) is 4.54. The van der Waals surface area contributed by atoms with E-state index in [2.05, 4.69) is 20.8 Å². The second-order valence-corrected chi connectivity index (χ2v) is 7.03. The standard InChI is InChI=1S/C16H28O3/c1-9(2)12-6-5-10(3)7-14(12)19-16(18)15-11(4)13(15)8-17/h9-15,17H,5-8H2,1-4H3/t10-,11+,12+,13+,14-,15+/m1/s1. The zero-order valence-corrected chi connectivity index (χ0v) is 12.6. The summed E-state index contributed by atoms with van der Waals surface area (Å²) in [5, 5.41) is 9.18. The van der Waals surface area contributed by atoms with Crippen LogP contribution in [-0.4, -0.2) is 23.8 Å². The van der Waals surface area contributed by atoms with Crippen molar-refractivity contribution in [1.29, 1.82) is 0 Å². The number of carbonyl (C=O) groups excluding carboxylic acids is 1. The Morgan fingerprint density at radius 1 is 1.32 bits per heavy atom. The van der Waals surface area contributed by atoms with Crippen molar-refractivity contribution in [2.24, 2.45) is 35.5 Å². The van der Waals surface area contributed by atoms with E-state index >= 15 is 0 Å². The monoisotopic (exact) mass is 268 g/mol. The van der Waals surface area contributed by atoms with E-state index in [0.29, 0.717) is 17.8 Å². The lowest BCUT2D eigenvalue weighted by Gasteiger charge is -2.36. The third-order valence-electron chi connectivity index (χ3n) is 5.27. The van der Waals surface area contributed by atoms with Crippen molar-refractivity contribution >= 4 is 5.97 Å². The van der Waals surface area contributed by atoms with E-state index in [4.69, 9.17) is 4.74 Å². The molecule has 3 heteroatoms. The maximum absolute atomic E-state index is 12.2. The van der Waals surface area contributed by atoms with Crippen LogP contribution in [0.5, 0.6) is 0 Å². The van der Waals surface area contributed by atoms with Gasteiger partial charge in [0.1, 0.15) is 6.10 Å². The highest BCUT2D eigenvalue weighted by Crippen LogP contribution is 2.47. The molecule has 0 saturated heterocycles. The highest BCUT2D eigenvalue weighted by atomic mass is 16.5. The SMILES string of the molecule is CC(C)[C@@H]1CC[C@@H](C)C[C@H]1OC(=O)[C@H]1[C@@H](C)[C@@H]1CO. The second kappa shape index (κ2) is 5.82. The van der Waals surface area contributed by atoms with Crippen molar-refractivity contribution < 1.29 is 14.6 Å². The van der Waals surface area contributed by atoms with E-state index in [0.717, 1.165) is 6.42 Å². The Hall–Kier alpha value is -0.570. The first-order chi connectivity index (χ1) is 8.95. The van der Waals surface area contributed by atoms with Crippen molar-refractivity contribution in [1.82, 2.24) is 0 Å². The number of rotatable bonds is 4. The van der Waals surface area contributed by atoms with Crippen molar-refractivity contribution in [2.75, 3.05) is 6.61 Å². The highest BCUT2D eigenvalue weighted by molar-refractivity contribution is 5.76. The summed E-state index contributed by atoms with van der Waals surface area (Å²) in [6, 6.07) is 0. The van der Waals surface area contributed by atoms with Crippen LogP contribution in [0.4, 0.5) is 0 Å². The van der Waals surface area contributed by atoms with E-state index in [1.807, 2.05) is 6.92 Å². The molecular formula is C16H28O3. The molecule has 0 aliphatic heterocycles. The number of ether oxygens (including phenoxy) is 1. The zero-order valence-electron chi connectivity index (χ0n) is 12.6. The molecule has 2 aliphatic rings. The van der Waals surface area contributed by atoms with Crippen LogP contribution in [0.15, 0.2) is 0 Å².